The molecule has 1 aliphatic heterocycles. The number of nitrogens with zero attached hydrogens (tertiary/aromatic N) is 4. The minimum atomic E-state index is 0.103. The highest BCUT2D eigenvalue weighted by Crippen LogP contribution is 2.29. The summed E-state index contributed by atoms with van der Waals surface area (Å²) in [7, 11) is 0. The Morgan fingerprint density at radius 2 is 1.97 bits per heavy atom. The van der Waals surface area contributed by atoms with Gasteiger partial charge in [0.25, 0.3) is 0 Å². The molecule has 2 heterocycles. The third-order valence-corrected chi connectivity index (χ3v) is 6.77. The van der Waals surface area contributed by atoms with E-state index in [1.165, 1.54) is 11.8 Å². The summed E-state index contributed by atoms with van der Waals surface area (Å²) >= 11 is 13.8. The lowest BCUT2D eigenvalue weighted by Gasteiger charge is -2.31. The number of piperazine rings is 1. The molecule has 0 saturated carbocycles. The predicted octanol–water partition coefficient (Wildman–Crippen LogP) is 4.08. The molecule has 4 rings (SSSR count). The highest BCUT2D eigenvalue weighted by Gasteiger charge is 2.22. The van der Waals surface area contributed by atoms with E-state index in [0.717, 1.165) is 36.7 Å². The smallest absolute Gasteiger partial charge is 0.233 e. The first kappa shape index (κ1) is 22.1. The molecule has 1 amide bonds. The maximum Gasteiger partial charge on any atom is 0.233 e. The van der Waals surface area contributed by atoms with Crippen LogP contribution >= 0.6 is 35.0 Å². The molecular formula is C22H23Cl2N5OS. The Morgan fingerprint density at radius 1 is 1.16 bits per heavy atom. The second-order valence-electron chi connectivity index (χ2n) is 7.48. The molecule has 1 unspecified atom stereocenters. The molecule has 6 nitrogen and oxygen atoms in total. The largest absolute Gasteiger partial charge is 0.339 e. The maximum absolute atomic E-state index is 12.7. The molecule has 2 aromatic carbocycles. The Labute approximate surface area is 195 Å². The SMILES string of the molecule is CC1CN(C(=O)CSc2nnc(Cc3ccccc3)n2-c2ccc(Cl)c(Cl)c2)CCN1. The third kappa shape index (κ3) is 5.41. The summed E-state index contributed by atoms with van der Waals surface area (Å²) in [5, 5.41) is 13.8. The third-order valence-electron chi connectivity index (χ3n) is 5.11. The van der Waals surface area contributed by atoms with Crippen LogP contribution in [0, 0.1) is 0 Å². The second-order valence-corrected chi connectivity index (χ2v) is 9.24. The highest BCUT2D eigenvalue weighted by atomic mass is 35.5. The number of halogens is 2. The van der Waals surface area contributed by atoms with E-state index in [1.807, 2.05) is 33.7 Å². The molecule has 0 radical (unpaired) electrons. The number of benzene rings is 2. The summed E-state index contributed by atoms with van der Waals surface area (Å²) in [4.78, 5) is 14.6. The number of aromatic nitrogens is 3. The lowest BCUT2D eigenvalue weighted by atomic mass is 10.1. The standard InChI is InChI=1S/C22H23Cl2N5OS/c1-15-13-28(10-9-25-15)21(30)14-31-22-27-26-20(11-16-5-3-2-4-6-16)29(22)17-7-8-18(23)19(24)12-17/h2-8,12,15,25H,9-11,13-14H2,1H3. The van der Waals surface area contributed by atoms with Crippen molar-refractivity contribution in [3.05, 3.63) is 70.0 Å². The van der Waals surface area contributed by atoms with Crippen LogP contribution in [0.1, 0.15) is 18.3 Å². The van der Waals surface area contributed by atoms with Crippen LogP contribution in [-0.4, -0.2) is 57.0 Å². The summed E-state index contributed by atoms with van der Waals surface area (Å²) in [5.41, 5.74) is 1.94. The molecule has 0 aliphatic carbocycles. The zero-order valence-electron chi connectivity index (χ0n) is 17.1. The fourth-order valence-electron chi connectivity index (χ4n) is 3.55. The summed E-state index contributed by atoms with van der Waals surface area (Å²) in [6.07, 6.45) is 0.609. The van der Waals surface area contributed by atoms with E-state index in [4.69, 9.17) is 23.2 Å². The Bertz CT molecular complexity index is 1060. The normalized spacial score (nSPS) is 16.5. The predicted molar refractivity (Wildman–Crippen MR) is 125 cm³/mol. The Kier molecular flexibility index (Phi) is 7.17. The summed E-state index contributed by atoms with van der Waals surface area (Å²) < 4.78 is 1.95. The molecule has 1 atom stereocenters. The first-order valence-corrected chi connectivity index (χ1v) is 11.8. The molecule has 3 aromatic rings. The molecule has 1 aromatic heterocycles. The van der Waals surface area contributed by atoms with E-state index in [9.17, 15) is 4.79 Å². The summed E-state index contributed by atoms with van der Waals surface area (Å²) in [6.45, 7) is 4.35. The van der Waals surface area contributed by atoms with E-state index in [2.05, 4.69) is 34.6 Å². The van der Waals surface area contributed by atoms with E-state index in [1.54, 1.807) is 12.1 Å². The van der Waals surface area contributed by atoms with Crippen LogP contribution in [0.25, 0.3) is 5.69 Å². The van der Waals surface area contributed by atoms with E-state index in [0.29, 0.717) is 33.4 Å². The minimum Gasteiger partial charge on any atom is -0.339 e. The molecule has 0 bridgehead atoms. The Hall–Kier alpha value is -2.06. The second kappa shape index (κ2) is 10.0. The zero-order chi connectivity index (χ0) is 21.8. The maximum atomic E-state index is 12.7. The number of hydrogen-bond acceptors (Lipinski definition) is 5. The van der Waals surface area contributed by atoms with E-state index < -0.39 is 0 Å². The van der Waals surface area contributed by atoms with Crippen LogP contribution in [-0.2, 0) is 11.2 Å². The quantitative estimate of drug-likeness (QED) is 0.544. The zero-order valence-corrected chi connectivity index (χ0v) is 19.4. The molecular weight excluding hydrogens is 453 g/mol. The number of hydrogen-bond donors (Lipinski definition) is 1. The molecule has 1 fully saturated rings. The highest BCUT2D eigenvalue weighted by molar-refractivity contribution is 7.99. The topological polar surface area (TPSA) is 63.1 Å². The first-order chi connectivity index (χ1) is 15.0. The van der Waals surface area contributed by atoms with Crippen molar-refractivity contribution in [1.29, 1.82) is 0 Å². The van der Waals surface area contributed by atoms with Gasteiger partial charge in [0.15, 0.2) is 5.16 Å². The average molecular weight is 476 g/mol. The lowest BCUT2D eigenvalue weighted by molar-refractivity contribution is -0.129. The van der Waals surface area contributed by atoms with Gasteiger partial charge in [-0.25, -0.2) is 0 Å². The number of carbonyl (C=O) groups excluding carboxylic acids is 1. The van der Waals surface area contributed by atoms with Crippen LogP contribution < -0.4 is 5.32 Å². The van der Waals surface area contributed by atoms with Gasteiger partial charge in [-0.3, -0.25) is 9.36 Å². The average Bonchev–Trinajstić information content (AvgIpc) is 3.17. The van der Waals surface area contributed by atoms with Crippen molar-refractivity contribution in [2.24, 2.45) is 0 Å². The number of thioether (sulfide) groups is 1. The molecule has 9 heteroatoms. The van der Waals surface area contributed by atoms with Crippen molar-refractivity contribution in [2.75, 3.05) is 25.4 Å². The van der Waals surface area contributed by atoms with Crippen molar-refractivity contribution in [3.63, 3.8) is 0 Å². The fraction of sp³-hybridized carbons (Fsp3) is 0.318. The molecule has 1 aliphatic rings. The molecule has 0 spiro atoms. The minimum absolute atomic E-state index is 0.103. The van der Waals surface area contributed by atoms with Gasteiger partial charge in [-0.15, -0.1) is 10.2 Å². The number of rotatable bonds is 6. The van der Waals surface area contributed by atoms with Crippen LogP contribution in [0.2, 0.25) is 10.0 Å². The monoisotopic (exact) mass is 475 g/mol. The van der Waals surface area contributed by atoms with Crippen molar-refractivity contribution >= 4 is 40.9 Å². The number of carbonyl (C=O) groups is 1. The van der Waals surface area contributed by atoms with Gasteiger partial charge in [0.05, 0.1) is 21.5 Å². The molecule has 31 heavy (non-hydrogen) atoms. The van der Waals surface area contributed by atoms with Crippen LogP contribution in [0.5, 0.6) is 0 Å². The summed E-state index contributed by atoms with van der Waals surface area (Å²) in [5.74, 6) is 1.18. The number of amides is 1. The summed E-state index contributed by atoms with van der Waals surface area (Å²) in [6, 6.07) is 15.8. The number of nitrogens with one attached hydrogen (secondary N) is 1. The van der Waals surface area contributed by atoms with Gasteiger partial charge in [0.1, 0.15) is 5.82 Å². The van der Waals surface area contributed by atoms with Gasteiger partial charge in [-0.2, -0.15) is 0 Å². The van der Waals surface area contributed by atoms with Gasteiger partial charge in [-0.1, -0.05) is 65.3 Å². The Morgan fingerprint density at radius 3 is 2.71 bits per heavy atom. The molecule has 1 N–H and O–H groups in total. The van der Waals surface area contributed by atoms with Gasteiger partial charge < -0.3 is 10.2 Å². The van der Waals surface area contributed by atoms with Gasteiger partial charge in [0.2, 0.25) is 5.91 Å². The molecule has 162 valence electrons. The van der Waals surface area contributed by atoms with Crippen LogP contribution in [0.4, 0.5) is 0 Å². The van der Waals surface area contributed by atoms with Crippen molar-refractivity contribution in [1.82, 2.24) is 25.0 Å². The first-order valence-electron chi connectivity index (χ1n) is 10.1. The van der Waals surface area contributed by atoms with E-state index >= 15 is 0 Å². The van der Waals surface area contributed by atoms with Crippen molar-refractivity contribution in [3.8, 4) is 5.69 Å². The van der Waals surface area contributed by atoms with Crippen molar-refractivity contribution < 1.29 is 4.79 Å². The lowest BCUT2D eigenvalue weighted by Crippen LogP contribution is -2.51. The van der Waals surface area contributed by atoms with Crippen LogP contribution in [0.3, 0.4) is 0 Å². The Balaban J connectivity index is 1.59. The van der Waals surface area contributed by atoms with Crippen molar-refractivity contribution in [2.45, 2.75) is 24.5 Å². The van der Waals surface area contributed by atoms with Gasteiger partial charge in [-0.05, 0) is 30.7 Å². The molecule has 1 saturated heterocycles. The van der Waals surface area contributed by atoms with Gasteiger partial charge in [0, 0.05) is 32.1 Å². The van der Waals surface area contributed by atoms with E-state index in [-0.39, 0.29) is 5.91 Å². The van der Waals surface area contributed by atoms with Gasteiger partial charge >= 0.3 is 0 Å². The van der Waals surface area contributed by atoms with Crippen LogP contribution in [0.15, 0.2) is 53.7 Å². The fourth-order valence-corrected chi connectivity index (χ4v) is 4.71.